The number of hydrogen-bond acceptors (Lipinski definition) is 4. The molecular formula is C15H22N2O3S. The molecule has 0 radical (unpaired) electrons. The first-order chi connectivity index (χ1) is 9.86. The van der Waals surface area contributed by atoms with Crippen LogP contribution in [0.25, 0.3) is 0 Å². The van der Waals surface area contributed by atoms with Gasteiger partial charge in [-0.2, -0.15) is 0 Å². The van der Waals surface area contributed by atoms with E-state index in [4.69, 9.17) is 9.84 Å². The number of ether oxygens (including phenoxy) is 1. The largest absolute Gasteiger partial charge is 0.481 e. The van der Waals surface area contributed by atoms with Gasteiger partial charge in [0, 0.05) is 17.3 Å². The molecule has 2 aliphatic heterocycles. The second-order valence-electron chi connectivity index (χ2n) is 6.91. The standard InChI is InChI=1S/C15H22N2O3S/c1-15(2,3)12-7-16-14(21-8-13(18)19)17(12)10-6-9-4-5-11(10)20-9/h7,9-11H,4-6,8H2,1-3H3,(H,18,19). The number of carboxylic acids is 1. The maximum Gasteiger partial charge on any atom is 0.313 e. The van der Waals surface area contributed by atoms with Crippen molar-refractivity contribution < 1.29 is 14.6 Å². The molecule has 3 atom stereocenters. The molecule has 0 aromatic carbocycles. The van der Waals surface area contributed by atoms with Crippen LogP contribution >= 0.6 is 11.8 Å². The summed E-state index contributed by atoms with van der Waals surface area (Å²) in [5.41, 5.74) is 1.15. The number of aliphatic carboxylic acids is 1. The molecule has 0 aliphatic carbocycles. The number of aromatic nitrogens is 2. The maximum absolute atomic E-state index is 10.9. The Morgan fingerprint density at radius 2 is 2.29 bits per heavy atom. The van der Waals surface area contributed by atoms with Crippen LogP contribution in [0.5, 0.6) is 0 Å². The zero-order chi connectivity index (χ0) is 15.2. The van der Waals surface area contributed by atoms with Gasteiger partial charge in [-0.3, -0.25) is 4.79 Å². The molecular weight excluding hydrogens is 288 g/mol. The summed E-state index contributed by atoms with van der Waals surface area (Å²) >= 11 is 1.30. The van der Waals surface area contributed by atoms with Crippen LogP contribution in [0.1, 0.15) is 51.8 Å². The highest BCUT2D eigenvalue weighted by molar-refractivity contribution is 7.99. The Hall–Kier alpha value is -1.01. The number of nitrogens with zero attached hydrogens (tertiary/aromatic N) is 2. The van der Waals surface area contributed by atoms with Gasteiger partial charge in [-0.1, -0.05) is 32.5 Å². The number of rotatable bonds is 4. The first kappa shape index (κ1) is 14.9. The molecule has 1 N–H and O–H groups in total. The first-order valence-electron chi connectivity index (χ1n) is 7.44. The lowest BCUT2D eigenvalue weighted by Gasteiger charge is -2.29. The van der Waals surface area contributed by atoms with Gasteiger partial charge in [-0.05, 0) is 19.3 Å². The van der Waals surface area contributed by atoms with E-state index in [2.05, 4.69) is 30.3 Å². The highest BCUT2D eigenvalue weighted by Crippen LogP contribution is 2.45. The van der Waals surface area contributed by atoms with E-state index < -0.39 is 5.97 Å². The molecule has 21 heavy (non-hydrogen) atoms. The van der Waals surface area contributed by atoms with Crippen LogP contribution in [0.3, 0.4) is 0 Å². The zero-order valence-corrected chi connectivity index (χ0v) is 13.5. The minimum absolute atomic E-state index is 0.0170. The van der Waals surface area contributed by atoms with E-state index in [1.54, 1.807) is 0 Å². The molecule has 0 spiro atoms. The first-order valence-corrected chi connectivity index (χ1v) is 8.42. The third-order valence-electron chi connectivity index (χ3n) is 4.26. The molecule has 0 saturated carbocycles. The summed E-state index contributed by atoms with van der Waals surface area (Å²) in [6.07, 6.45) is 5.79. The highest BCUT2D eigenvalue weighted by atomic mass is 32.2. The number of thioether (sulfide) groups is 1. The Bertz CT molecular complexity index is 550. The normalized spacial score (nSPS) is 28.2. The Morgan fingerprint density at radius 1 is 1.52 bits per heavy atom. The molecule has 3 rings (SSSR count). The van der Waals surface area contributed by atoms with Crippen LogP contribution in [0.4, 0.5) is 0 Å². The molecule has 3 heterocycles. The second-order valence-corrected chi connectivity index (χ2v) is 7.85. The van der Waals surface area contributed by atoms with Crippen molar-refractivity contribution in [3.63, 3.8) is 0 Å². The van der Waals surface area contributed by atoms with Gasteiger partial charge in [0.1, 0.15) is 0 Å². The third-order valence-corrected chi connectivity index (χ3v) is 5.21. The van der Waals surface area contributed by atoms with E-state index in [1.807, 2.05) is 6.20 Å². The van der Waals surface area contributed by atoms with Crippen molar-refractivity contribution in [3.8, 4) is 0 Å². The lowest BCUT2D eigenvalue weighted by atomic mass is 9.90. The van der Waals surface area contributed by atoms with Crippen molar-refractivity contribution in [2.45, 2.75) is 68.9 Å². The summed E-state index contributed by atoms with van der Waals surface area (Å²) in [6, 6.07) is 0.303. The molecule has 1 aromatic rings. The topological polar surface area (TPSA) is 64.3 Å². The van der Waals surface area contributed by atoms with Crippen molar-refractivity contribution >= 4 is 17.7 Å². The van der Waals surface area contributed by atoms with E-state index in [1.165, 1.54) is 11.8 Å². The van der Waals surface area contributed by atoms with Gasteiger partial charge in [0.05, 0.1) is 24.0 Å². The third kappa shape index (κ3) is 2.83. The SMILES string of the molecule is CC(C)(C)c1cnc(SCC(=O)O)n1C1CC2CCC1O2. The zero-order valence-electron chi connectivity index (χ0n) is 12.7. The van der Waals surface area contributed by atoms with E-state index in [0.717, 1.165) is 30.1 Å². The number of fused-ring (bicyclic) bond motifs is 2. The number of carbonyl (C=O) groups is 1. The van der Waals surface area contributed by atoms with Gasteiger partial charge in [0.25, 0.3) is 0 Å². The van der Waals surface area contributed by atoms with Gasteiger partial charge in [0.2, 0.25) is 0 Å². The van der Waals surface area contributed by atoms with Crippen LogP contribution in [0.15, 0.2) is 11.4 Å². The predicted octanol–water partition coefficient (Wildman–Crippen LogP) is 2.85. The second kappa shape index (κ2) is 5.32. The van der Waals surface area contributed by atoms with E-state index in [-0.39, 0.29) is 17.3 Å². The molecule has 5 nitrogen and oxygen atoms in total. The fraction of sp³-hybridized carbons (Fsp3) is 0.733. The van der Waals surface area contributed by atoms with Crippen LogP contribution in [-0.4, -0.2) is 38.6 Å². The minimum atomic E-state index is -0.809. The van der Waals surface area contributed by atoms with Gasteiger partial charge in [0.15, 0.2) is 5.16 Å². The molecule has 1 aromatic heterocycles. The van der Waals surface area contributed by atoms with Crippen molar-refractivity contribution in [3.05, 3.63) is 11.9 Å². The quantitative estimate of drug-likeness (QED) is 0.866. The Morgan fingerprint density at radius 3 is 2.81 bits per heavy atom. The van der Waals surface area contributed by atoms with Crippen molar-refractivity contribution in [1.29, 1.82) is 0 Å². The van der Waals surface area contributed by atoms with Crippen molar-refractivity contribution in [2.24, 2.45) is 0 Å². The van der Waals surface area contributed by atoms with Gasteiger partial charge in [-0.25, -0.2) is 4.98 Å². The summed E-state index contributed by atoms with van der Waals surface area (Å²) in [7, 11) is 0. The van der Waals surface area contributed by atoms with Crippen LogP contribution in [0, 0.1) is 0 Å². The fourth-order valence-electron chi connectivity index (χ4n) is 3.34. The Balaban J connectivity index is 1.94. The average molecular weight is 310 g/mol. The molecule has 3 unspecified atom stereocenters. The molecule has 2 bridgehead atoms. The maximum atomic E-state index is 10.9. The number of carboxylic acid groups (broad SMARTS) is 1. The van der Waals surface area contributed by atoms with E-state index in [0.29, 0.717) is 12.1 Å². The smallest absolute Gasteiger partial charge is 0.313 e. The number of hydrogen-bond donors (Lipinski definition) is 1. The summed E-state index contributed by atoms with van der Waals surface area (Å²) < 4.78 is 8.23. The van der Waals surface area contributed by atoms with Crippen LogP contribution < -0.4 is 0 Å². The van der Waals surface area contributed by atoms with Gasteiger partial charge < -0.3 is 14.4 Å². The van der Waals surface area contributed by atoms with Crippen LogP contribution in [0.2, 0.25) is 0 Å². The monoisotopic (exact) mass is 310 g/mol. The predicted molar refractivity (Wildman–Crippen MR) is 80.8 cm³/mol. The van der Waals surface area contributed by atoms with Crippen molar-refractivity contribution in [1.82, 2.24) is 9.55 Å². The van der Waals surface area contributed by atoms with Gasteiger partial charge >= 0.3 is 5.97 Å². The van der Waals surface area contributed by atoms with Crippen molar-refractivity contribution in [2.75, 3.05) is 5.75 Å². The summed E-state index contributed by atoms with van der Waals surface area (Å²) in [6.45, 7) is 6.50. The Kier molecular flexibility index (Phi) is 3.78. The molecule has 6 heteroatoms. The minimum Gasteiger partial charge on any atom is -0.481 e. The van der Waals surface area contributed by atoms with Crippen LogP contribution in [-0.2, 0) is 14.9 Å². The summed E-state index contributed by atoms with van der Waals surface area (Å²) in [5.74, 6) is -0.765. The fourth-order valence-corrected chi connectivity index (χ4v) is 4.09. The molecule has 116 valence electrons. The number of imidazole rings is 1. The molecule has 2 aliphatic rings. The summed E-state index contributed by atoms with van der Waals surface area (Å²) in [4.78, 5) is 15.3. The highest BCUT2D eigenvalue weighted by Gasteiger charge is 2.44. The molecule has 2 saturated heterocycles. The average Bonchev–Trinajstić information content (AvgIpc) is 3.09. The summed E-state index contributed by atoms with van der Waals surface area (Å²) in [5, 5.41) is 9.73. The lowest BCUT2D eigenvalue weighted by Crippen LogP contribution is -2.27. The Labute approximate surface area is 129 Å². The molecule has 0 amide bonds. The van der Waals surface area contributed by atoms with E-state index in [9.17, 15) is 4.79 Å². The van der Waals surface area contributed by atoms with E-state index >= 15 is 0 Å². The molecule has 2 fully saturated rings. The van der Waals surface area contributed by atoms with Gasteiger partial charge in [-0.15, -0.1) is 0 Å². The lowest BCUT2D eigenvalue weighted by molar-refractivity contribution is -0.133.